The second-order valence-corrected chi connectivity index (χ2v) is 7.12. The summed E-state index contributed by atoms with van der Waals surface area (Å²) in [5.41, 5.74) is 1.37. The zero-order valence-electron chi connectivity index (χ0n) is 14.7. The Morgan fingerprint density at radius 2 is 1.92 bits per heavy atom. The molecule has 5 heterocycles. The number of carbonyl (C=O) groups excluding carboxylic acids is 1. The van der Waals surface area contributed by atoms with Crippen LogP contribution in [0.1, 0.15) is 12.8 Å². The standard InChI is InChI=1S/C16H21N7O3/c1-21-13-12(19-20-21)14(18-10-17-13)23-8-11(9-23)15(24)22-4-2-16(3-5-22)25-6-7-26-16/h10-11H,2-9H2,1H3. The first-order valence-corrected chi connectivity index (χ1v) is 8.97. The summed E-state index contributed by atoms with van der Waals surface area (Å²) < 4.78 is 13.1. The fourth-order valence-electron chi connectivity index (χ4n) is 3.99. The molecule has 2 aromatic rings. The minimum Gasteiger partial charge on any atom is -0.353 e. The molecule has 0 N–H and O–H groups in total. The Balaban J connectivity index is 1.22. The normalized spacial score (nSPS) is 23.0. The maximum Gasteiger partial charge on any atom is 0.229 e. The average molecular weight is 359 g/mol. The summed E-state index contributed by atoms with van der Waals surface area (Å²) in [4.78, 5) is 25.3. The van der Waals surface area contributed by atoms with Crippen LogP contribution in [0.25, 0.3) is 11.2 Å². The molecular weight excluding hydrogens is 338 g/mol. The Bertz CT molecular complexity index is 831. The van der Waals surface area contributed by atoms with Gasteiger partial charge in [0.15, 0.2) is 22.8 Å². The number of fused-ring (bicyclic) bond motifs is 1. The van der Waals surface area contributed by atoms with Gasteiger partial charge in [-0.3, -0.25) is 4.79 Å². The number of nitrogens with zero attached hydrogens (tertiary/aromatic N) is 7. The minimum atomic E-state index is -0.443. The zero-order valence-corrected chi connectivity index (χ0v) is 14.7. The van der Waals surface area contributed by atoms with E-state index in [0.29, 0.717) is 50.6 Å². The van der Waals surface area contributed by atoms with Crippen LogP contribution in [0.3, 0.4) is 0 Å². The second-order valence-electron chi connectivity index (χ2n) is 7.12. The lowest BCUT2D eigenvalue weighted by Gasteiger charge is -2.44. The molecule has 0 unspecified atom stereocenters. The number of amides is 1. The topological polar surface area (TPSA) is 98.5 Å². The van der Waals surface area contributed by atoms with Crippen LogP contribution in [0, 0.1) is 5.92 Å². The van der Waals surface area contributed by atoms with Crippen molar-refractivity contribution < 1.29 is 14.3 Å². The Morgan fingerprint density at radius 1 is 1.19 bits per heavy atom. The number of carbonyl (C=O) groups is 1. The van der Waals surface area contributed by atoms with E-state index in [1.807, 2.05) is 4.90 Å². The molecular formula is C16H21N7O3. The number of aryl methyl sites for hydroxylation is 1. The Morgan fingerprint density at radius 3 is 2.65 bits per heavy atom. The van der Waals surface area contributed by atoms with E-state index < -0.39 is 5.79 Å². The fourth-order valence-corrected chi connectivity index (χ4v) is 3.99. The molecule has 10 nitrogen and oxygen atoms in total. The van der Waals surface area contributed by atoms with Gasteiger partial charge in [-0.05, 0) is 0 Å². The predicted octanol–water partition coefficient (Wildman–Crippen LogP) is -0.440. The highest BCUT2D eigenvalue weighted by molar-refractivity contribution is 5.86. The smallest absolute Gasteiger partial charge is 0.229 e. The van der Waals surface area contributed by atoms with Crippen LogP contribution < -0.4 is 4.90 Å². The third kappa shape index (κ3) is 2.43. The predicted molar refractivity (Wildman–Crippen MR) is 90.3 cm³/mol. The van der Waals surface area contributed by atoms with Gasteiger partial charge in [-0.2, -0.15) is 0 Å². The maximum absolute atomic E-state index is 12.8. The van der Waals surface area contributed by atoms with Gasteiger partial charge in [0.1, 0.15) is 6.33 Å². The number of anilines is 1. The molecule has 0 aromatic carbocycles. The molecule has 0 radical (unpaired) electrons. The molecule has 10 heteroatoms. The summed E-state index contributed by atoms with van der Waals surface area (Å²) in [6.07, 6.45) is 3.02. The van der Waals surface area contributed by atoms with Gasteiger partial charge in [-0.25, -0.2) is 14.6 Å². The second kappa shape index (κ2) is 5.85. The van der Waals surface area contributed by atoms with Crippen molar-refractivity contribution >= 4 is 22.9 Å². The van der Waals surface area contributed by atoms with Gasteiger partial charge in [-0.15, -0.1) is 5.10 Å². The Hall–Kier alpha value is -2.33. The van der Waals surface area contributed by atoms with E-state index in [1.54, 1.807) is 11.7 Å². The molecule has 138 valence electrons. The number of aromatic nitrogens is 5. The molecule has 0 atom stereocenters. The minimum absolute atomic E-state index is 0.00356. The highest BCUT2D eigenvalue weighted by Crippen LogP contribution is 2.33. The van der Waals surface area contributed by atoms with Crippen LogP contribution in [0.2, 0.25) is 0 Å². The first-order valence-electron chi connectivity index (χ1n) is 8.97. The van der Waals surface area contributed by atoms with Crippen molar-refractivity contribution in [1.29, 1.82) is 0 Å². The van der Waals surface area contributed by atoms with E-state index in [-0.39, 0.29) is 11.8 Å². The molecule has 1 spiro atoms. The van der Waals surface area contributed by atoms with Crippen LogP contribution >= 0.6 is 0 Å². The molecule has 0 saturated carbocycles. The van der Waals surface area contributed by atoms with Crippen molar-refractivity contribution in [1.82, 2.24) is 29.9 Å². The zero-order chi connectivity index (χ0) is 17.7. The highest BCUT2D eigenvalue weighted by Gasteiger charge is 2.43. The summed E-state index contributed by atoms with van der Waals surface area (Å²) in [6.45, 7) is 3.99. The number of piperidine rings is 1. The Labute approximate surface area is 150 Å². The number of hydrogen-bond acceptors (Lipinski definition) is 8. The van der Waals surface area contributed by atoms with Crippen molar-refractivity contribution in [3.8, 4) is 0 Å². The average Bonchev–Trinajstić information content (AvgIpc) is 3.22. The third-order valence-corrected chi connectivity index (χ3v) is 5.55. The number of likely N-dealkylation sites (tertiary alicyclic amines) is 1. The van der Waals surface area contributed by atoms with Gasteiger partial charge in [0, 0.05) is 46.1 Å². The van der Waals surface area contributed by atoms with Gasteiger partial charge in [-0.1, -0.05) is 5.21 Å². The van der Waals surface area contributed by atoms with Crippen LogP contribution in [-0.4, -0.2) is 80.9 Å². The summed E-state index contributed by atoms with van der Waals surface area (Å²) in [5, 5.41) is 8.14. The highest BCUT2D eigenvalue weighted by atomic mass is 16.7. The Kier molecular flexibility index (Phi) is 3.57. The first-order chi connectivity index (χ1) is 12.7. The van der Waals surface area contributed by atoms with Crippen molar-refractivity contribution in [2.75, 3.05) is 44.3 Å². The largest absolute Gasteiger partial charge is 0.353 e. The molecule has 3 aliphatic rings. The SMILES string of the molecule is Cn1nnc2c(N3CC(C(=O)N4CCC5(CC4)OCCO5)C3)ncnc21. The molecule has 0 bridgehead atoms. The monoisotopic (exact) mass is 359 g/mol. The molecule has 26 heavy (non-hydrogen) atoms. The summed E-state index contributed by atoms with van der Waals surface area (Å²) in [5.74, 6) is 0.508. The summed E-state index contributed by atoms with van der Waals surface area (Å²) in [7, 11) is 1.80. The third-order valence-electron chi connectivity index (χ3n) is 5.55. The molecule has 2 aromatic heterocycles. The first kappa shape index (κ1) is 15.9. The summed E-state index contributed by atoms with van der Waals surface area (Å²) >= 11 is 0. The lowest BCUT2D eigenvalue weighted by molar-refractivity contribution is -0.188. The molecule has 0 aliphatic carbocycles. The van der Waals surface area contributed by atoms with Gasteiger partial charge >= 0.3 is 0 Å². The lowest BCUT2D eigenvalue weighted by atomic mass is 9.95. The number of hydrogen-bond donors (Lipinski definition) is 0. The lowest BCUT2D eigenvalue weighted by Crippen LogP contribution is -2.57. The van der Waals surface area contributed by atoms with E-state index in [4.69, 9.17) is 9.47 Å². The summed E-state index contributed by atoms with van der Waals surface area (Å²) in [6, 6.07) is 0. The molecule has 1 amide bonds. The molecule has 3 aliphatic heterocycles. The molecule has 3 fully saturated rings. The van der Waals surface area contributed by atoms with E-state index in [2.05, 4.69) is 25.2 Å². The molecule has 5 rings (SSSR count). The van der Waals surface area contributed by atoms with Crippen LogP contribution in [-0.2, 0) is 21.3 Å². The van der Waals surface area contributed by atoms with Crippen molar-refractivity contribution in [2.45, 2.75) is 18.6 Å². The van der Waals surface area contributed by atoms with Gasteiger partial charge < -0.3 is 19.3 Å². The van der Waals surface area contributed by atoms with E-state index >= 15 is 0 Å². The quantitative estimate of drug-likeness (QED) is 0.712. The van der Waals surface area contributed by atoms with E-state index in [1.165, 1.54) is 6.33 Å². The van der Waals surface area contributed by atoms with Crippen LogP contribution in [0.15, 0.2) is 6.33 Å². The maximum atomic E-state index is 12.8. The fraction of sp³-hybridized carbons (Fsp3) is 0.688. The van der Waals surface area contributed by atoms with Crippen molar-refractivity contribution in [2.24, 2.45) is 13.0 Å². The number of rotatable bonds is 2. The van der Waals surface area contributed by atoms with Gasteiger partial charge in [0.25, 0.3) is 0 Å². The van der Waals surface area contributed by atoms with E-state index in [9.17, 15) is 4.79 Å². The van der Waals surface area contributed by atoms with Gasteiger partial charge in [0.05, 0.1) is 19.1 Å². The van der Waals surface area contributed by atoms with E-state index in [0.717, 1.165) is 18.7 Å². The molecule has 3 saturated heterocycles. The van der Waals surface area contributed by atoms with Crippen molar-refractivity contribution in [3.63, 3.8) is 0 Å². The van der Waals surface area contributed by atoms with Crippen LogP contribution in [0.5, 0.6) is 0 Å². The van der Waals surface area contributed by atoms with Crippen LogP contribution in [0.4, 0.5) is 5.82 Å². The van der Waals surface area contributed by atoms with Crippen molar-refractivity contribution in [3.05, 3.63) is 6.33 Å². The number of ether oxygens (including phenoxy) is 2. The van der Waals surface area contributed by atoms with Gasteiger partial charge in [0.2, 0.25) is 5.91 Å².